The van der Waals surface area contributed by atoms with Gasteiger partial charge in [-0.3, -0.25) is 4.79 Å². The molecule has 1 saturated carbocycles. The third-order valence-electron chi connectivity index (χ3n) is 6.17. The number of fused-ring (bicyclic) bond motifs is 1. The molecule has 0 radical (unpaired) electrons. The molecule has 1 amide bonds. The van der Waals surface area contributed by atoms with Crippen LogP contribution >= 0.6 is 11.3 Å². The molecular weight excluding hydrogens is 468 g/mol. The lowest BCUT2D eigenvalue weighted by Crippen LogP contribution is -2.42. The van der Waals surface area contributed by atoms with Crippen LogP contribution < -0.4 is 27.7 Å². The van der Waals surface area contributed by atoms with Gasteiger partial charge in [0, 0.05) is 24.5 Å². The van der Waals surface area contributed by atoms with Crippen LogP contribution in [0.2, 0.25) is 0 Å². The van der Waals surface area contributed by atoms with E-state index in [1.165, 1.54) is 22.5 Å². The van der Waals surface area contributed by atoms with Crippen molar-refractivity contribution >= 4 is 34.0 Å². The summed E-state index contributed by atoms with van der Waals surface area (Å²) in [6.45, 7) is 1.93. The first-order chi connectivity index (χ1) is 16.9. The van der Waals surface area contributed by atoms with Crippen molar-refractivity contribution in [3.05, 3.63) is 40.4 Å². The van der Waals surface area contributed by atoms with Gasteiger partial charge < -0.3 is 37.4 Å². The van der Waals surface area contributed by atoms with E-state index in [0.29, 0.717) is 22.8 Å². The van der Waals surface area contributed by atoms with E-state index in [4.69, 9.17) is 37.5 Å². The van der Waals surface area contributed by atoms with E-state index in [1.807, 2.05) is 12.1 Å². The van der Waals surface area contributed by atoms with E-state index in [2.05, 4.69) is 21.1 Å². The number of aliphatic imine (C=N–C) groups is 1. The number of anilines is 1. The Labute approximate surface area is 208 Å². The highest BCUT2D eigenvalue weighted by atomic mass is 32.1. The zero-order chi connectivity index (χ0) is 24.8. The number of carbonyl (C=O) groups is 1. The zero-order valence-corrected chi connectivity index (χ0v) is 20.4. The van der Waals surface area contributed by atoms with Crippen LogP contribution in [0.4, 0.5) is 5.13 Å². The van der Waals surface area contributed by atoms with Gasteiger partial charge in [-0.1, -0.05) is 11.2 Å². The van der Waals surface area contributed by atoms with Crippen LogP contribution in [-0.2, 0) is 22.6 Å². The summed E-state index contributed by atoms with van der Waals surface area (Å²) in [7, 11) is 0. The molecule has 1 aliphatic carbocycles. The number of oxime groups is 1. The van der Waals surface area contributed by atoms with E-state index in [9.17, 15) is 4.79 Å². The molecule has 12 heteroatoms. The molecule has 11 nitrogen and oxygen atoms in total. The van der Waals surface area contributed by atoms with Crippen molar-refractivity contribution in [3.8, 4) is 5.75 Å². The molecule has 0 bridgehead atoms. The molecule has 4 rings (SSSR count). The van der Waals surface area contributed by atoms with E-state index < -0.39 is 5.91 Å². The van der Waals surface area contributed by atoms with Gasteiger partial charge in [0.05, 0.1) is 6.04 Å². The predicted molar refractivity (Wildman–Crippen MR) is 136 cm³/mol. The summed E-state index contributed by atoms with van der Waals surface area (Å²) in [6.07, 6.45) is 4.89. The molecule has 35 heavy (non-hydrogen) atoms. The van der Waals surface area contributed by atoms with E-state index in [-0.39, 0.29) is 25.0 Å². The van der Waals surface area contributed by atoms with Crippen molar-refractivity contribution in [3.63, 3.8) is 0 Å². The fourth-order valence-corrected chi connectivity index (χ4v) is 4.78. The molecule has 8 N–H and O–H groups in total. The molecule has 2 aromatic rings. The van der Waals surface area contributed by atoms with Crippen molar-refractivity contribution in [2.45, 2.75) is 50.7 Å². The highest BCUT2D eigenvalue weighted by Gasteiger charge is 2.22. The number of benzene rings is 1. The molecular formula is C23H32N8O3S. The number of amides is 1. The number of guanidine groups is 1. The quantitative estimate of drug-likeness (QED) is 0.179. The summed E-state index contributed by atoms with van der Waals surface area (Å²) in [5.74, 6) is 0.616. The molecule has 1 aromatic carbocycles. The van der Waals surface area contributed by atoms with Gasteiger partial charge in [0.25, 0.3) is 5.91 Å². The topological polar surface area (TPSA) is 180 Å². The fraction of sp³-hybridized carbons (Fsp3) is 0.478. The van der Waals surface area contributed by atoms with Crippen molar-refractivity contribution in [2.24, 2.45) is 27.3 Å². The molecule has 0 unspecified atom stereocenters. The van der Waals surface area contributed by atoms with Gasteiger partial charge in [-0.2, -0.15) is 0 Å². The van der Waals surface area contributed by atoms with Crippen molar-refractivity contribution in [2.75, 3.05) is 25.5 Å². The Morgan fingerprint density at radius 3 is 2.69 bits per heavy atom. The first-order valence-corrected chi connectivity index (χ1v) is 12.6. The Morgan fingerprint density at radius 2 is 1.97 bits per heavy atom. The number of hydrogen-bond donors (Lipinski definition) is 4. The summed E-state index contributed by atoms with van der Waals surface area (Å²) >= 11 is 1.19. The van der Waals surface area contributed by atoms with Crippen LogP contribution in [0, 0.1) is 0 Å². The number of ether oxygens (including phenoxy) is 1. The number of rotatable bonds is 8. The van der Waals surface area contributed by atoms with Crippen molar-refractivity contribution in [1.82, 2.24) is 9.88 Å². The molecule has 188 valence electrons. The lowest BCUT2D eigenvalue weighted by Gasteiger charge is -2.31. The second-order valence-corrected chi connectivity index (χ2v) is 9.60. The summed E-state index contributed by atoms with van der Waals surface area (Å²) in [5.41, 5.74) is 25.9. The molecule has 0 spiro atoms. The lowest BCUT2D eigenvalue weighted by atomic mass is 9.92. The molecule has 1 aliphatic heterocycles. The Bertz CT molecular complexity index is 1090. The van der Waals surface area contributed by atoms with Gasteiger partial charge in [0.1, 0.15) is 18.1 Å². The van der Waals surface area contributed by atoms with E-state index >= 15 is 0 Å². The van der Waals surface area contributed by atoms with Gasteiger partial charge in [-0.05, 0) is 55.4 Å². The second-order valence-electron chi connectivity index (χ2n) is 8.71. The molecule has 2 heterocycles. The highest BCUT2D eigenvalue weighted by Crippen LogP contribution is 2.25. The number of nitrogens with two attached hydrogens (primary N) is 4. The van der Waals surface area contributed by atoms with Crippen LogP contribution in [-0.4, -0.2) is 59.3 Å². The zero-order valence-electron chi connectivity index (χ0n) is 19.6. The summed E-state index contributed by atoms with van der Waals surface area (Å²) in [5, 5.41) is 5.71. The number of hydrogen-bond acceptors (Lipinski definition) is 9. The Morgan fingerprint density at radius 1 is 1.17 bits per heavy atom. The maximum atomic E-state index is 11.6. The van der Waals surface area contributed by atoms with Crippen LogP contribution in [0.3, 0.4) is 0 Å². The molecule has 0 atom stereocenters. The van der Waals surface area contributed by atoms with Crippen molar-refractivity contribution < 1.29 is 14.4 Å². The van der Waals surface area contributed by atoms with Crippen LogP contribution in [0.25, 0.3) is 0 Å². The maximum absolute atomic E-state index is 11.6. The highest BCUT2D eigenvalue weighted by molar-refractivity contribution is 7.13. The van der Waals surface area contributed by atoms with Crippen LogP contribution in [0.5, 0.6) is 5.75 Å². The number of primary amides is 1. The summed E-state index contributed by atoms with van der Waals surface area (Å²) < 4.78 is 5.79. The second kappa shape index (κ2) is 11.4. The summed E-state index contributed by atoms with van der Waals surface area (Å²) in [4.78, 5) is 27.7. The fourth-order valence-electron chi connectivity index (χ4n) is 4.24. The minimum atomic E-state index is -0.742. The van der Waals surface area contributed by atoms with Gasteiger partial charge >= 0.3 is 0 Å². The molecule has 1 aromatic heterocycles. The predicted octanol–water partition coefficient (Wildman–Crippen LogP) is 0.953. The van der Waals surface area contributed by atoms with Crippen LogP contribution in [0.15, 0.2) is 33.7 Å². The monoisotopic (exact) mass is 500 g/mol. The number of carbonyl (C=O) groups excluding carboxylic acids is 1. The lowest BCUT2D eigenvalue weighted by molar-refractivity contribution is -0.112. The Kier molecular flexibility index (Phi) is 8.03. The van der Waals surface area contributed by atoms with Crippen LogP contribution in [0.1, 0.15) is 42.5 Å². The van der Waals surface area contributed by atoms with Gasteiger partial charge in [0.2, 0.25) is 0 Å². The first-order valence-electron chi connectivity index (χ1n) is 11.7. The van der Waals surface area contributed by atoms with E-state index in [1.54, 1.807) is 5.38 Å². The smallest absolute Gasteiger partial charge is 0.273 e. The van der Waals surface area contributed by atoms with Gasteiger partial charge in [-0.15, -0.1) is 11.3 Å². The first kappa shape index (κ1) is 24.7. The number of aromatic nitrogens is 1. The largest absolute Gasteiger partial charge is 0.490 e. The van der Waals surface area contributed by atoms with Crippen molar-refractivity contribution in [1.29, 1.82) is 0 Å². The molecule has 0 saturated heterocycles. The SMILES string of the molecule is NC(=O)/C(=N\OCCOc1ccc2c(c1)CCN(C(N)=NC1CCC(N)CC1)C2)c1csc(N)n1. The van der Waals surface area contributed by atoms with Gasteiger partial charge in [0.15, 0.2) is 23.4 Å². The van der Waals surface area contributed by atoms with E-state index in [0.717, 1.165) is 50.9 Å². The standard InChI is InChI=1S/C23H32N8O3S/c24-16-2-4-17(5-3-16)28-22(26)31-8-7-14-11-18(6-1-15(14)12-31)33-9-10-34-30-20(21(25)32)19-13-35-23(27)29-19/h1,6,11,13,16-17H,2-5,7-10,12,24H2,(H2,25,32)(H2,26,28)(H2,27,29)/b30-20-. The Hall–Kier alpha value is -3.38. The number of nitrogen functional groups attached to an aromatic ring is 1. The normalized spacial score (nSPS) is 20.9. The number of thiazole rings is 1. The minimum absolute atomic E-state index is 0.0776. The number of nitrogens with zero attached hydrogens (tertiary/aromatic N) is 4. The van der Waals surface area contributed by atoms with Gasteiger partial charge in [-0.25, -0.2) is 9.98 Å². The molecule has 1 fully saturated rings. The Balaban J connectivity index is 1.26. The average Bonchev–Trinajstić information content (AvgIpc) is 3.27. The molecule has 2 aliphatic rings. The minimum Gasteiger partial charge on any atom is -0.490 e. The third kappa shape index (κ3) is 6.61. The summed E-state index contributed by atoms with van der Waals surface area (Å²) in [6, 6.07) is 6.60. The average molecular weight is 501 g/mol. The third-order valence-corrected chi connectivity index (χ3v) is 6.84. The maximum Gasteiger partial charge on any atom is 0.273 e.